The van der Waals surface area contributed by atoms with E-state index in [0.29, 0.717) is 34.5 Å². The number of nitrogens with zero attached hydrogens (tertiary/aromatic N) is 1. The number of halogens is 1. The third-order valence-electron chi connectivity index (χ3n) is 5.00. The molecule has 0 bridgehead atoms. The number of benzene rings is 2. The van der Waals surface area contributed by atoms with Crippen LogP contribution in [0.3, 0.4) is 0 Å². The number of nitrogens with one attached hydrogen (secondary N) is 2. The lowest BCUT2D eigenvalue weighted by Gasteiger charge is -2.16. The van der Waals surface area contributed by atoms with E-state index in [1.165, 1.54) is 0 Å². The van der Waals surface area contributed by atoms with Crippen molar-refractivity contribution >= 4 is 35.0 Å². The lowest BCUT2D eigenvalue weighted by molar-refractivity contribution is -0.121. The van der Waals surface area contributed by atoms with E-state index in [1.54, 1.807) is 42.5 Å². The number of imide groups is 1. The third-order valence-corrected chi connectivity index (χ3v) is 5.41. The maximum Gasteiger partial charge on any atom is 0.265 e. The van der Waals surface area contributed by atoms with Crippen LogP contribution in [0.2, 0.25) is 5.02 Å². The van der Waals surface area contributed by atoms with Crippen LogP contribution >= 0.6 is 11.6 Å². The smallest absolute Gasteiger partial charge is 0.265 e. The van der Waals surface area contributed by atoms with Gasteiger partial charge >= 0.3 is 0 Å². The number of hydrazine groups is 1. The summed E-state index contributed by atoms with van der Waals surface area (Å²) >= 11 is 6.12. The summed E-state index contributed by atoms with van der Waals surface area (Å²) in [6.45, 7) is 6.71. The van der Waals surface area contributed by atoms with Crippen molar-refractivity contribution in [1.29, 1.82) is 0 Å². The van der Waals surface area contributed by atoms with Gasteiger partial charge in [0.2, 0.25) is 5.91 Å². The Morgan fingerprint density at radius 2 is 1.90 bits per heavy atom. The average molecular weight is 444 g/mol. The predicted octanol–water partition coefficient (Wildman–Crippen LogP) is 3.64. The van der Waals surface area contributed by atoms with E-state index in [1.807, 2.05) is 6.92 Å². The molecule has 31 heavy (non-hydrogen) atoms. The maximum absolute atomic E-state index is 12.7. The molecular weight excluding hydrogens is 418 g/mol. The van der Waals surface area contributed by atoms with Crippen molar-refractivity contribution in [2.75, 3.05) is 11.5 Å². The molecule has 0 unspecified atom stereocenters. The Bertz CT molecular complexity index is 975. The van der Waals surface area contributed by atoms with E-state index in [2.05, 4.69) is 24.7 Å². The van der Waals surface area contributed by atoms with Crippen molar-refractivity contribution in [2.45, 2.75) is 39.7 Å². The van der Waals surface area contributed by atoms with Gasteiger partial charge < -0.3 is 4.74 Å². The average Bonchev–Trinajstić information content (AvgIpc) is 3.02. The normalized spacial score (nSPS) is 16.2. The molecule has 1 fully saturated rings. The molecule has 3 amide bonds. The van der Waals surface area contributed by atoms with Crippen LogP contribution in [0, 0.1) is 12.8 Å². The van der Waals surface area contributed by atoms with Crippen LogP contribution < -0.4 is 20.5 Å². The first kappa shape index (κ1) is 22.8. The third kappa shape index (κ3) is 5.62. The molecule has 8 heteroatoms. The molecule has 2 N–H and O–H groups in total. The Kier molecular flexibility index (Phi) is 7.30. The Morgan fingerprint density at radius 1 is 1.19 bits per heavy atom. The Morgan fingerprint density at radius 3 is 2.55 bits per heavy atom. The van der Waals surface area contributed by atoms with Crippen molar-refractivity contribution in [2.24, 2.45) is 5.92 Å². The molecule has 164 valence electrons. The number of ether oxygens (including phenoxy) is 1. The highest BCUT2D eigenvalue weighted by Gasteiger charge is 2.39. The first-order chi connectivity index (χ1) is 14.8. The van der Waals surface area contributed by atoms with Crippen LogP contribution in [0.4, 0.5) is 5.69 Å². The zero-order valence-corrected chi connectivity index (χ0v) is 18.5. The van der Waals surface area contributed by atoms with E-state index >= 15 is 0 Å². The number of anilines is 1. The highest BCUT2D eigenvalue weighted by molar-refractivity contribution is 6.32. The quantitative estimate of drug-likeness (QED) is 0.480. The summed E-state index contributed by atoms with van der Waals surface area (Å²) in [6.07, 6.45) is 0.888. The first-order valence-electron chi connectivity index (χ1n) is 10.2. The number of hydrogen-bond donors (Lipinski definition) is 2. The van der Waals surface area contributed by atoms with E-state index in [-0.39, 0.29) is 12.3 Å². The summed E-state index contributed by atoms with van der Waals surface area (Å²) in [5.74, 6) is 0.0267. The van der Waals surface area contributed by atoms with Crippen molar-refractivity contribution < 1.29 is 19.1 Å². The van der Waals surface area contributed by atoms with Gasteiger partial charge in [0, 0.05) is 10.6 Å². The molecule has 7 nitrogen and oxygen atoms in total. The first-order valence-corrected chi connectivity index (χ1v) is 10.6. The molecular formula is C23H26ClN3O4. The van der Waals surface area contributed by atoms with E-state index < -0.39 is 17.9 Å². The van der Waals surface area contributed by atoms with Gasteiger partial charge in [0.15, 0.2) is 0 Å². The highest BCUT2D eigenvalue weighted by atomic mass is 35.5. The molecule has 2 aromatic rings. The molecule has 0 spiro atoms. The lowest BCUT2D eigenvalue weighted by Crippen LogP contribution is -2.48. The molecule has 1 aliphatic rings. The second-order valence-corrected chi connectivity index (χ2v) is 8.32. The van der Waals surface area contributed by atoms with E-state index in [0.717, 1.165) is 16.9 Å². The van der Waals surface area contributed by atoms with Gasteiger partial charge in [-0.25, -0.2) is 10.3 Å². The molecule has 1 atom stereocenters. The fraction of sp³-hybridized carbons (Fsp3) is 0.348. The van der Waals surface area contributed by atoms with Crippen LogP contribution in [0.25, 0.3) is 0 Å². The summed E-state index contributed by atoms with van der Waals surface area (Å²) in [4.78, 5) is 38.5. The molecule has 3 rings (SSSR count). The lowest BCUT2D eigenvalue weighted by atomic mass is 10.1. The molecule has 0 radical (unpaired) electrons. The summed E-state index contributed by atoms with van der Waals surface area (Å²) in [5.41, 5.74) is 6.84. The maximum atomic E-state index is 12.7. The number of hydrogen-bond acceptors (Lipinski definition) is 5. The molecule has 0 aromatic heterocycles. The van der Waals surface area contributed by atoms with Gasteiger partial charge in [-0.15, -0.1) is 0 Å². The minimum Gasteiger partial charge on any atom is -0.494 e. The fourth-order valence-electron chi connectivity index (χ4n) is 3.08. The SMILES string of the molecule is Cc1ccc(N2C(=O)C[C@H](NNC(=O)c3ccc(OCCC(C)C)cc3)C2=O)cc1Cl. The van der Waals surface area contributed by atoms with Gasteiger partial charge in [0.05, 0.1) is 18.7 Å². The summed E-state index contributed by atoms with van der Waals surface area (Å²) in [6, 6.07) is 10.9. The van der Waals surface area contributed by atoms with Crippen LogP contribution in [-0.4, -0.2) is 30.4 Å². The van der Waals surface area contributed by atoms with Gasteiger partial charge in [-0.2, -0.15) is 0 Å². The second-order valence-electron chi connectivity index (χ2n) is 7.91. The van der Waals surface area contributed by atoms with E-state index in [9.17, 15) is 14.4 Å². The van der Waals surface area contributed by atoms with Crippen molar-refractivity contribution in [3.05, 3.63) is 58.6 Å². The predicted molar refractivity (Wildman–Crippen MR) is 119 cm³/mol. The molecule has 1 heterocycles. The summed E-state index contributed by atoms with van der Waals surface area (Å²) < 4.78 is 5.64. The summed E-state index contributed by atoms with van der Waals surface area (Å²) in [5, 5.41) is 0.472. The molecule has 0 aliphatic carbocycles. The number of rotatable bonds is 8. The van der Waals surface area contributed by atoms with E-state index in [4.69, 9.17) is 16.3 Å². The fourth-order valence-corrected chi connectivity index (χ4v) is 3.25. The summed E-state index contributed by atoms with van der Waals surface area (Å²) in [7, 11) is 0. The van der Waals surface area contributed by atoms with Gasteiger partial charge in [-0.05, 0) is 61.2 Å². The van der Waals surface area contributed by atoms with Gasteiger partial charge in [-0.3, -0.25) is 19.8 Å². The number of aryl methyl sites for hydroxylation is 1. The number of carbonyl (C=O) groups is 3. The second kappa shape index (κ2) is 9.94. The largest absolute Gasteiger partial charge is 0.494 e. The van der Waals surface area contributed by atoms with Crippen molar-refractivity contribution in [3.63, 3.8) is 0 Å². The topological polar surface area (TPSA) is 87.7 Å². The highest BCUT2D eigenvalue weighted by Crippen LogP contribution is 2.27. The molecule has 2 aromatic carbocycles. The Balaban J connectivity index is 1.56. The zero-order valence-electron chi connectivity index (χ0n) is 17.8. The van der Waals surface area contributed by atoms with Crippen molar-refractivity contribution in [1.82, 2.24) is 10.9 Å². The minimum absolute atomic E-state index is 0.0623. The minimum atomic E-state index is -0.852. The van der Waals surface area contributed by atoms with Crippen LogP contribution in [0.1, 0.15) is 42.6 Å². The van der Waals surface area contributed by atoms with Gasteiger partial charge in [0.1, 0.15) is 11.8 Å². The number of amides is 3. The standard InChI is InChI=1S/C23H26ClN3O4/c1-14(2)10-11-31-18-8-5-16(6-9-18)22(29)26-25-20-13-21(28)27(23(20)30)17-7-4-15(3)19(24)12-17/h4-9,12,14,20,25H,10-11,13H2,1-3H3,(H,26,29)/t20-/m0/s1. The van der Waals surface area contributed by atoms with Crippen molar-refractivity contribution in [3.8, 4) is 5.75 Å². The number of carbonyl (C=O) groups excluding carboxylic acids is 3. The van der Waals surface area contributed by atoms with Gasteiger partial charge in [-0.1, -0.05) is 31.5 Å². The van der Waals surface area contributed by atoms with Gasteiger partial charge in [0.25, 0.3) is 11.8 Å². The van der Waals surface area contributed by atoms with Crippen LogP contribution in [-0.2, 0) is 9.59 Å². The molecule has 1 saturated heterocycles. The zero-order chi connectivity index (χ0) is 22.5. The molecule has 1 aliphatic heterocycles. The van der Waals surface area contributed by atoms with Crippen LogP contribution in [0.5, 0.6) is 5.75 Å². The molecule has 0 saturated carbocycles. The monoisotopic (exact) mass is 443 g/mol. The van der Waals surface area contributed by atoms with Crippen LogP contribution in [0.15, 0.2) is 42.5 Å². The Labute approximate surface area is 186 Å². The Hall–Kier alpha value is -2.90.